The summed E-state index contributed by atoms with van der Waals surface area (Å²) < 4.78 is 20.9. The summed E-state index contributed by atoms with van der Waals surface area (Å²) in [7, 11) is 1.65. The first-order valence-electron chi connectivity index (χ1n) is 10.5. The third kappa shape index (κ3) is 4.92. The molecule has 0 unspecified atom stereocenters. The minimum absolute atomic E-state index is 0.0591. The van der Waals surface area contributed by atoms with Crippen LogP contribution >= 0.6 is 0 Å². The van der Waals surface area contributed by atoms with Crippen molar-refractivity contribution < 1.29 is 13.9 Å². The normalized spacial score (nSPS) is 13.2. The van der Waals surface area contributed by atoms with Crippen LogP contribution in [0.4, 0.5) is 10.1 Å². The summed E-state index contributed by atoms with van der Waals surface area (Å²) in [6.07, 6.45) is 3.08. The van der Waals surface area contributed by atoms with Crippen molar-refractivity contribution in [2.75, 3.05) is 25.5 Å². The quantitative estimate of drug-likeness (QED) is 0.567. The van der Waals surface area contributed by atoms with Gasteiger partial charge in [-0.3, -0.25) is 14.2 Å². The highest BCUT2D eigenvalue weighted by Gasteiger charge is 2.22. The Morgan fingerprint density at radius 1 is 1.16 bits per heavy atom. The second kappa shape index (κ2) is 9.84. The van der Waals surface area contributed by atoms with E-state index in [1.54, 1.807) is 19.2 Å². The topological polar surface area (TPSA) is 85.2 Å². The number of carbonyl (C=O) groups is 1. The number of ether oxygens (including phenoxy) is 1. The Hall–Kier alpha value is -3.36. The van der Waals surface area contributed by atoms with Crippen molar-refractivity contribution in [2.45, 2.75) is 25.5 Å². The Morgan fingerprint density at radius 3 is 2.50 bits per heavy atom. The minimum Gasteiger partial charge on any atom is -0.376 e. The summed E-state index contributed by atoms with van der Waals surface area (Å²) in [5.74, 6) is -0.324. The summed E-state index contributed by atoms with van der Waals surface area (Å²) in [5.41, 5.74) is 2.88. The lowest BCUT2D eigenvalue weighted by Crippen LogP contribution is -2.32. The Bertz CT molecular complexity index is 1140. The van der Waals surface area contributed by atoms with Gasteiger partial charge in [-0.2, -0.15) is 0 Å². The van der Waals surface area contributed by atoms with Crippen molar-refractivity contribution in [2.24, 2.45) is 0 Å². The molecule has 7 nitrogen and oxygen atoms in total. The number of carbonyl (C=O) groups excluding carboxylic acids is 1. The number of hydrogen-bond acceptors (Lipinski definition) is 5. The molecule has 0 bridgehead atoms. The standard InChI is InChI=1S/C24H25FN4O3/c1-26-15-22(30)28-21-14-27-23(16-6-8-19(25)9-7-16)29(24(21)31)10-11-32-20-12-17-4-2-3-5-18(17)13-20/h2-9,14,20,26H,10-13,15H2,1H3,(H,28,30). The van der Waals surface area contributed by atoms with Gasteiger partial charge in [-0.1, -0.05) is 24.3 Å². The molecule has 0 radical (unpaired) electrons. The molecule has 2 N–H and O–H groups in total. The molecule has 0 atom stereocenters. The van der Waals surface area contributed by atoms with Gasteiger partial charge in [0.2, 0.25) is 5.91 Å². The molecule has 1 aliphatic rings. The van der Waals surface area contributed by atoms with E-state index < -0.39 is 0 Å². The van der Waals surface area contributed by atoms with E-state index in [1.165, 1.54) is 34.0 Å². The van der Waals surface area contributed by atoms with Crippen molar-refractivity contribution >= 4 is 11.6 Å². The first kappa shape index (κ1) is 21.9. The number of anilines is 1. The largest absolute Gasteiger partial charge is 0.376 e. The van der Waals surface area contributed by atoms with Gasteiger partial charge in [0.25, 0.3) is 5.56 Å². The van der Waals surface area contributed by atoms with E-state index in [4.69, 9.17) is 4.74 Å². The van der Waals surface area contributed by atoms with E-state index in [0.29, 0.717) is 18.0 Å². The molecule has 4 rings (SSSR count). The first-order valence-corrected chi connectivity index (χ1v) is 10.5. The molecule has 0 spiro atoms. The van der Waals surface area contributed by atoms with E-state index in [0.717, 1.165) is 12.8 Å². The summed E-state index contributed by atoms with van der Waals surface area (Å²) in [6.45, 7) is 0.633. The molecule has 1 aliphatic carbocycles. The molecule has 0 saturated carbocycles. The average molecular weight is 436 g/mol. The van der Waals surface area contributed by atoms with Crippen LogP contribution in [0, 0.1) is 5.82 Å². The molecule has 3 aromatic rings. The third-order valence-corrected chi connectivity index (χ3v) is 5.44. The van der Waals surface area contributed by atoms with Crippen LogP contribution < -0.4 is 16.2 Å². The van der Waals surface area contributed by atoms with Crippen LogP contribution in [0.15, 0.2) is 59.5 Å². The number of fused-ring (bicyclic) bond motifs is 1. The maximum Gasteiger partial charge on any atom is 0.277 e. The third-order valence-electron chi connectivity index (χ3n) is 5.44. The Kier molecular flexibility index (Phi) is 6.72. The predicted molar refractivity (Wildman–Crippen MR) is 120 cm³/mol. The number of benzene rings is 2. The molecule has 0 aliphatic heterocycles. The highest BCUT2D eigenvalue weighted by molar-refractivity contribution is 5.91. The number of hydrogen-bond donors (Lipinski definition) is 2. The molecule has 0 saturated heterocycles. The maximum atomic E-state index is 13.4. The first-order chi connectivity index (χ1) is 15.5. The van der Waals surface area contributed by atoms with Crippen LogP contribution in [0.3, 0.4) is 0 Å². The highest BCUT2D eigenvalue weighted by Crippen LogP contribution is 2.24. The van der Waals surface area contributed by atoms with Gasteiger partial charge in [-0.15, -0.1) is 0 Å². The lowest BCUT2D eigenvalue weighted by atomic mass is 10.1. The Morgan fingerprint density at radius 2 is 1.84 bits per heavy atom. The summed E-state index contributed by atoms with van der Waals surface area (Å²) >= 11 is 0. The fraction of sp³-hybridized carbons (Fsp3) is 0.292. The summed E-state index contributed by atoms with van der Waals surface area (Å²) in [5, 5.41) is 5.33. The van der Waals surface area contributed by atoms with Gasteiger partial charge in [0, 0.05) is 5.56 Å². The number of likely N-dealkylation sites (N-methyl/N-ethyl adjacent to an activating group) is 1. The maximum absolute atomic E-state index is 13.4. The van der Waals surface area contributed by atoms with Gasteiger partial charge in [-0.25, -0.2) is 9.37 Å². The second-order valence-electron chi connectivity index (χ2n) is 7.71. The van der Waals surface area contributed by atoms with Gasteiger partial charge in [0.1, 0.15) is 17.3 Å². The minimum atomic E-state index is -0.387. The lowest BCUT2D eigenvalue weighted by Gasteiger charge is -2.16. The van der Waals surface area contributed by atoms with Gasteiger partial charge in [0.05, 0.1) is 32.0 Å². The molecule has 1 amide bonds. The van der Waals surface area contributed by atoms with Crippen LogP contribution in [0.1, 0.15) is 11.1 Å². The van der Waals surface area contributed by atoms with Crippen LogP contribution in [0.5, 0.6) is 0 Å². The van der Waals surface area contributed by atoms with Crippen LogP contribution in [-0.4, -0.2) is 41.8 Å². The van der Waals surface area contributed by atoms with Crippen LogP contribution in [0.2, 0.25) is 0 Å². The molecule has 1 heterocycles. The van der Waals surface area contributed by atoms with E-state index >= 15 is 0 Å². The van der Waals surface area contributed by atoms with E-state index in [-0.39, 0.29) is 42.2 Å². The number of nitrogens with zero attached hydrogens (tertiary/aromatic N) is 2. The molecule has 2 aromatic carbocycles. The number of amides is 1. The molecule has 166 valence electrons. The van der Waals surface area contributed by atoms with E-state index in [2.05, 4.69) is 27.8 Å². The van der Waals surface area contributed by atoms with Crippen LogP contribution in [-0.2, 0) is 28.9 Å². The number of aromatic nitrogens is 2. The summed E-state index contributed by atoms with van der Waals surface area (Å²) in [6, 6.07) is 14.0. The molecular weight excluding hydrogens is 411 g/mol. The molecule has 32 heavy (non-hydrogen) atoms. The molecule has 0 fully saturated rings. The van der Waals surface area contributed by atoms with Crippen molar-refractivity contribution in [1.29, 1.82) is 0 Å². The number of rotatable bonds is 8. The fourth-order valence-corrected chi connectivity index (χ4v) is 3.92. The van der Waals surface area contributed by atoms with Crippen molar-refractivity contribution in [3.8, 4) is 11.4 Å². The predicted octanol–water partition coefficient (Wildman–Crippen LogP) is 2.39. The smallest absolute Gasteiger partial charge is 0.277 e. The Labute approximate surface area is 185 Å². The average Bonchev–Trinajstić information content (AvgIpc) is 3.20. The van der Waals surface area contributed by atoms with Gasteiger partial charge < -0.3 is 15.4 Å². The van der Waals surface area contributed by atoms with Crippen molar-refractivity contribution in [3.63, 3.8) is 0 Å². The molecule has 1 aromatic heterocycles. The summed E-state index contributed by atoms with van der Waals surface area (Å²) in [4.78, 5) is 29.5. The fourth-order valence-electron chi connectivity index (χ4n) is 3.92. The van der Waals surface area contributed by atoms with Gasteiger partial charge in [-0.05, 0) is 55.3 Å². The zero-order chi connectivity index (χ0) is 22.5. The zero-order valence-electron chi connectivity index (χ0n) is 17.8. The number of halogens is 1. The zero-order valence-corrected chi connectivity index (χ0v) is 17.8. The monoisotopic (exact) mass is 436 g/mol. The number of nitrogens with one attached hydrogen (secondary N) is 2. The lowest BCUT2D eigenvalue weighted by molar-refractivity contribution is -0.115. The molecular formula is C24H25FN4O3. The highest BCUT2D eigenvalue weighted by atomic mass is 19.1. The van der Waals surface area contributed by atoms with Gasteiger partial charge >= 0.3 is 0 Å². The van der Waals surface area contributed by atoms with Crippen molar-refractivity contribution in [1.82, 2.24) is 14.9 Å². The Balaban J connectivity index is 1.54. The molecule has 8 heteroatoms. The van der Waals surface area contributed by atoms with E-state index in [9.17, 15) is 14.0 Å². The van der Waals surface area contributed by atoms with Gasteiger partial charge in [0.15, 0.2) is 0 Å². The SMILES string of the molecule is CNCC(=O)Nc1cnc(-c2ccc(F)cc2)n(CCOC2Cc3ccccc3C2)c1=O. The van der Waals surface area contributed by atoms with Crippen LogP contribution in [0.25, 0.3) is 11.4 Å². The van der Waals surface area contributed by atoms with E-state index in [1.807, 2.05) is 12.1 Å². The van der Waals surface area contributed by atoms with Crippen molar-refractivity contribution in [3.05, 3.63) is 82.0 Å². The second-order valence-corrected chi connectivity index (χ2v) is 7.71.